The average Bonchev–Trinajstić information content (AvgIpc) is 2.80. The van der Waals surface area contributed by atoms with E-state index < -0.39 is 0 Å². The summed E-state index contributed by atoms with van der Waals surface area (Å²) in [7, 11) is 0. The third-order valence-electron chi connectivity index (χ3n) is 4.37. The van der Waals surface area contributed by atoms with Crippen molar-refractivity contribution in [3.8, 4) is 0 Å². The smallest absolute Gasteiger partial charge is 0.203 e. The number of rotatable bonds is 2. The molecule has 1 N–H and O–H groups in total. The molecule has 7 heteroatoms. The van der Waals surface area contributed by atoms with E-state index in [0.717, 1.165) is 62.6 Å². The van der Waals surface area contributed by atoms with Crippen molar-refractivity contribution < 1.29 is 0 Å². The number of nitrogens with zero attached hydrogens (tertiary/aromatic N) is 6. The maximum Gasteiger partial charge on any atom is 0.203 e. The van der Waals surface area contributed by atoms with Crippen LogP contribution < -0.4 is 10.2 Å². The molecule has 2 fully saturated rings. The Kier molecular flexibility index (Phi) is 2.82. The predicted octanol–water partition coefficient (Wildman–Crippen LogP) is -0.473. The SMILES string of the molecule is Cc1nnc2c(N3CCN(C4CNC4)CC3)nccn12. The van der Waals surface area contributed by atoms with Crippen LogP contribution in [-0.2, 0) is 0 Å². The molecule has 2 aromatic heterocycles. The fourth-order valence-corrected chi connectivity index (χ4v) is 2.98. The van der Waals surface area contributed by atoms with Crippen molar-refractivity contribution in [2.45, 2.75) is 13.0 Å². The molecule has 4 heterocycles. The molecular weight excluding hydrogens is 254 g/mol. The molecule has 106 valence electrons. The van der Waals surface area contributed by atoms with Crippen molar-refractivity contribution in [3.05, 3.63) is 18.2 Å². The van der Waals surface area contributed by atoms with E-state index in [9.17, 15) is 0 Å². The number of fused-ring (bicyclic) bond motifs is 1. The van der Waals surface area contributed by atoms with Gasteiger partial charge < -0.3 is 10.2 Å². The quantitative estimate of drug-likeness (QED) is 0.798. The van der Waals surface area contributed by atoms with E-state index in [4.69, 9.17) is 0 Å². The van der Waals surface area contributed by atoms with Gasteiger partial charge >= 0.3 is 0 Å². The van der Waals surface area contributed by atoms with Gasteiger partial charge in [0, 0.05) is 57.7 Å². The fourth-order valence-electron chi connectivity index (χ4n) is 2.98. The summed E-state index contributed by atoms with van der Waals surface area (Å²) in [6.07, 6.45) is 3.76. The van der Waals surface area contributed by atoms with Crippen LogP contribution in [0.25, 0.3) is 5.65 Å². The number of anilines is 1. The molecule has 7 nitrogen and oxygen atoms in total. The van der Waals surface area contributed by atoms with Gasteiger partial charge in [-0.25, -0.2) is 4.98 Å². The van der Waals surface area contributed by atoms with Crippen molar-refractivity contribution in [2.24, 2.45) is 0 Å². The zero-order valence-corrected chi connectivity index (χ0v) is 11.7. The normalized spacial score (nSPS) is 21.4. The van der Waals surface area contributed by atoms with Crippen LogP contribution >= 0.6 is 0 Å². The first-order valence-corrected chi connectivity index (χ1v) is 7.19. The van der Waals surface area contributed by atoms with E-state index in [1.54, 1.807) is 0 Å². The molecule has 0 radical (unpaired) electrons. The lowest BCUT2D eigenvalue weighted by molar-refractivity contribution is 0.138. The van der Waals surface area contributed by atoms with E-state index in [0.29, 0.717) is 0 Å². The zero-order chi connectivity index (χ0) is 13.5. The van der Waals surface area contributed by atoms with Gasteiger partial charge in [-0.05, 0) is 6.92 Å². The minimum Gasteiger partial charge on any atom is -0.351 e. The summed E-state index contributed by atoms with van der Waals surface area (Å²) in [5, 5.41) is 11.7. The van der Waals surface area contributed by atoms with Gasteiger partial charge in [0.05, 0.1) is 0 Å². The summed E-state index contributed by atoms with van der Waals surface area (Å²) in [5.41, 5.74) is 0.865. The van der Waals surface area contributed by atoms with Crippen LogP contribution in [0.3, 0.4) is 0 Å². The minimum atomic E-state index is 0.733. The van der Waals surface area contributed by atoms with Gasteiger partial charge in [-0.2, -0.15) is 0 Å². The maximum atomic E-state index is 4.52. The van der Waals surface area contributed by atoms with E-state index in [1.807, 2.05) is 23.7 Å². The van der Waals surface area contributed by atoms with Gasteiger partial charge in [-0.1, -0.05) is 0 Å². The largest absolute Gasteiger partial charge is 0.351 e. The van der Waals surface area contributed by atoms with Gasteiger partial charge in [0.25, 0.3) is 0 Å². The Bertz CT molecular complexity index is 610. The summed E-state index contributed by atoms with van der Waals surface area (Å²) < 4.78 is 2.00. The molecule has 0 aliphatic carbocycles. The lowest BCUT2D eigenvalue weighted by Crippen LogP contribution is -2.61. The number of nitrogens with one attached hydrogen (secondary N) is 1. The lowest BCUT2D eigenvalue weighted by atomic mass is 10.1. The summed E-state index contributed by atoms with van der Waals surface area (Å²) >= 11 is 0. The summed E-state index contributed by atoms with van der Waals surface area (Å²) in [4.78, 5) is 9.42. The predicted molar refractivity (Wildman–Crippen MR) is 76.0 cm³/mol. The first kappa shape index (κ1) is 12.0. The summed E-state index contributed by atoms with van der Waals surface area (Å²) in [6, 6.07) is 0.733. The zero-order valence-electron chi connectivity index (χ0n) is 11.7. The highest BCUT2D eigenvalue weighted by molar-refractivity contribution is 5.63. The molecular formula is C13H19N7. The molecule has 0 atom stereocenters. The van der Waals surface area contributed by atoms with Crippen molar-refractivity contribution in [1.29, 1.82) is 0 Å². The molecule has 2 saturated heterocycles. The Morgan fingerprint density at radius 2 is 1.95 bits per heavy atom. The van der Waals surface area contributed by atoms with Crippen LogP contribution in [0.4, 0.5) is 5.82 Å². The van der Waals surface area contributed by atoms with E-state index >= 15 is 0 Å². The topological polar surface area (TPSA) is 61.6 Å². The Balaban J connectivity index is 1.55. The third-order valence-corrected chi connectivity index (χ3v) is 4.37. The molecule has 2 aliphatic rings. The highest BCUT2D eigenvalue weighted by Crippen LogP contribution is 2.20. The van der Waals surface area contributed by atoms with Gasteiger partial charge in [-0.3, -0.25) is 9.30 Å². The van der Waals surface area contributed by atoms with Gasteiger partial charge in [0.15, 0.2) is 5.82 Å². The number of hydrogen-bond acceptors (Lipinski definition) is 6. The van der Waals surface area contributed by atoms with Crippen molar-refractivity contribution in [3.63, 3.8) is 0 Å². The number of hydrogen-bond donors (Lipinski definition) is 1. The monoisotopic (exact) mass is 273 g/mol. The first-order valence-electron chi connectivity index (χ1n) is 7.19. The average molecular weight is 273 g/mol. The minimum absolute atomic E-state index is 0.733. The molecule has 0 saturated carbocycles. The Morgan fingerprint density at radius 3 is 2.65 bits per heavy atom. The molecule has 2 aliphatic heterocycles. The van der Waals surface area contributed by atoms with Crippen molar-refractivity contribution in [1.82, 2.24) is 29.8 Å². The van der Waals surface area contributed by atoms with E-state index in [2.05, 4.69) is 30.3 Å². The lowest BCUT2D eigenvalue weighted by Gasteiger charge is -2.43. The Hall–Kier alpha value is -1.73. The van der Waals surface area contributed by atoms with Crippen LogP contribution in [0.5, 0.6) is 0 Å². The second-order valence-corrected chi connectivity index (χ2v) is 5.53. The number of piperazine rings is 1. The second kappa shape index (κ2) is 4.68. The van der Waals surface area contributed by atoms with Crippen molar-refractivity contribution >= 4 is 11.5 Å². The maximum absolute atomic E-state index is 4.52. The highest BCUT2D eigenvalue weighted by atomic mass is 15.3. The molecule has 20 heavy (non-hydrogen) atoms. The fraction of sp³-hybridized carbons (Fsp3) is 0.615. The third kappa shape index (κ3) is 1.85. The van der Waals surface area contributed by atoms with E-state index in [-0.39, 0.29) is 0 Å². The van der Waals surface area contributed by atoms with E-state index in [1.165, 1.54) is 0 Å². The standard InChI is InChI=1S/C13H19N7/c1-10-16-17-13-12(15-2-3-20(10)13)19-6-4-18(5-7-19)11-8-14-9-11/h2-3,11,14H,4-9H2,1H3. The summed E-state index contributed by atoms with van der Waals surface area (Å²) in [6.45, 7) is 8.45. The second-order valence-electron chi connectivity index (χ2n) is 5.53. The summed E-state index contributed by atoms with van der Waals surface area (Å²) in [5.74, 6) is 1.86. The highest BCUT2D eigenvalue weighted by Gasteiger charge is 2.28. The molecule has 0 spiro atoms. The molecule has 0 aromatic carbocycles. The molecule has 4 rings (SSSR count). The van der Waals surface area contributed by atoms with Crippen molar-refractivity contribution in [2.75, 3.05) is 44.2 Å². The van der Waals surface area contributed by atoms with Gasteiger partial charge in [0.1, 0.15) is 5.82 Å². The van der Waals surface area contributed by atoms with Crippen LogP contribution in [0, 0.1) is 6.92 Å². The van der Waals surface area contributed by atoms with Gasteiger partial charge in [0.2, 0.25) is 5.65 Å². The van der Waals surface area contributed by atoms with Crippen LogP contribution in [0.1, 0.15) is 5.82 Å². The molecule has 2 aromatic rings. The number of aromatic nitrogens is 4. The van der Waals surface area contributed by atoms with Crippen LogP contribution in [0.2, 0.25) is 0 Å². The van der Waals surface area contributed by atoms with Crippen LogP contribution in [0.15, 0.2) is 12.4 Å². The molecule has 0 bridgehead atoms. The Labute approximate surface area is 117 Å². The van der Waals surface area contributed by atoms with Gasteiger partial charge in [-0.15, -0.1) is 10.2 Å². The first-order chi connectivity index (χ1) is 9.83. The number of aryl methyl sites for hydroxylation is 1. The molecule has 0 amide bonds. The molecule has 0 unspecified atom stereocenters. The Morgan fingerprint density at radius 1 is 1.15 bits per heavy atom. The van der Waals surface area contributed by atoms with Crippen LogP contribution in [-0.4, -0.2) is 69.8 Å².